The SMILES string of the molecule is O=C(OC1CCS(=O)(=O)c2sccc21)c1cccc(C(F)(F)F)c1. The molecule has 1 aliphatic heterocycles. The molecular weight excluding hydrogens is 365 g/mol. The molecule has 2 aromatic rings. The van der Waals surface area contributed by atoms with Gasteiger partial charge in [0.05, 0.1) is 16.9 Å². The first kappa shape index (κ1) is 17.0. The lowest BCUT2D eigenvalue weighted by Crippen LogP contribution is -2.22. The maximum atomic E-state index is 12.7. The number of hydrogen-bond acceptors (Lipinski definition) is 5. The number of esters is 1. The number of rotatable bonds is 2. The van der Waals surface area contributed by atoms with Crippen molar-refractivity contribution in [1.82, 2.24) is 0 Å². The lowest BCUT2D eigenvalue weighted by molar-refractivity contribution is -0.137. The number of carbonyl (C=O) groups excluding carboxylic acids is 1. The van der Waals surface area contributed by atoms with E-state index >= 15 is 0 Å². The Morgan fingerprint density at radius 1 is 1.25 bits per heavy atom. The summed E-state index contributed by atoms with van der Waals surface area (Å²) in [6.07, 6.45) is -5.26. The molecule has 0 aliphatic carbocycles. The van der Waals surface area contributed by atoms with Gasteiger partial charge in [0.25, 0.3) is 0 Å². The zero-order valence-electron chi connectivity index (χ0n) is 12.0. The van der Waals surface area contributed by atoms with Crippen LogP contribution >= 0.6 is 11.3 Å². The summed E-state index contributed by atoms with van der Waals surface area (Å²) in [6, 6.07) is 5.49. The van der Waals surface area contributed by atoms with Crippen molar-refractivity contribution in [2.75, 3.05) is 5.75 Å². The lowest BCUT2D eigenvalue weighted by Gasteiger charge is -2.22. The Morgan fingerprint density at radius 3 is 2.71 bits per heavy atom. The van der Waals surface area contributed by atoms with Gasteiger partial charge in [-0.3, -0.25) is 0 Å². The second kappa shape index (κ2) is 5.89. The van der Waals surface area contributed by atoms with Crippen molar-refractivity contribution < 1.29 is 31.1 Å². The van der Waals surface area contributed by atoms with E-state index in [-0.39, 0.29) is 21.9 Å². The minimum atomic E-state index is -4.56. The highest BCUT2D eigenvalue weighted by Crippen LogP contribution is 2.38. The third-order valence-corrected chi connectivity index (χ3v) is 6.96. The molecule has 0 spiro atoms. The second-order valence-electron chi connectivity index (χ2n) is 5.24. The number of thiophene rings is 1. The molecule has 0 fully saturated rings. The summed E-state index contributed by atoms with van der Waals surface area (Å²) in [6.45, 7) is 0. The van der Waals surface area contributed by atoms with Crippen molar-refractivity contribution in [3.05, 3.63) is 52.4 Å². The first-order chi connectivity index (χ1) is 11.2. The molecule has 24 heavy (non-hydrogen) atoms. The summed E-state index contributed by atoms with van der Waals surface area (Å²) in [5.41, 5.74) is -0.791. The van der Waals surface area contributed by atoms with Crippen molar-refractivity contribution in [3.8, 4) is 0 Å². The first-order valence-electron chi connectivity index (χ1n) is 6.87. The number of benzene rings is 1. The Bertz CT molecular complexity index is 884. The standard InChI is InChI=1S/C15H11F3O4S2/c16-15(17,18)10-3-1-2-9(8-10)13(19)22-12-5-7-24(20,21)14-11(12)4-6-23-14/h1-4,6,8,12H,5,7H2. The maximum Gasteiger partial charge on any atom is 0.416 e. The average molecular weight is 376 g/mol. The second-order valence-corrected chi connectivity index (χ2v) is 8.46. The van der Waals surface area contributed by atoms with Crippen LogP contribution in [0.5, 0.6) is 0 Å². The number of alkyl halides is 3. The molecule has 0 bridgehead atoms. The molecule has 1 aromatic carbocycles. The summed E-state index contributed by atoms with van der Waals surface area (Å²) in [4.78, 5) is 12.1. The van der Waals surface area contributed by atoms with Crippen molar-refractivity contribution in [3.63, 3.8) is 0 Å². The topological polar surface area (TPSA) is 60.4 Å². The van der Waals surface area contributed by atoms with Gasteiger partial charge in [0.1, 0.15) is 10.3 Å². The highest BCUT2D eigenvalue weighted by molar-refractivity contribution is 7.93. The number of sulfone groups is 1. The molecule has 1 unspecified atom stereocenters. The molecule has 3 rings (SSSR count). The van der Waals surface area contributed by atoms with E-state index in [9.17, 15) is 26.4 Å². The first-order valence-corrected chi connectivity index (χ1v) is 9.40. The number of halogens is 3. The van der Waals surface area contributed by atoms with Gasteiger partial charge in [0.15, 0.2) is 9.84 Å². The van der Waals surface area contributed by atoms with E-state index < -0.39 is 33.7 Å². The van der Waals surface area contributed by atoms with Crippen molar-refractivity contribution in [2.45, 2.75) is 22.9 Å². The van der Waals surface area contributed by atoms with Crippen molar-refractivity contribution in [2.24, 2.45) is 0 Å². The Hall–Kier alpha value is -1.87. The molecule has 0 saturated carbocycles. The third kappa shape index (κ3) is 3.18. The highest BCUT2D eigenvalue weighted by atomic mass is 32.2. The van der Waals surface area contributed by atoms with E-state index in [1.54, 1.807) is 11.4 Å². The molecular formula is C15H11F3O4S2. The summed E-state index contributed by atoms with van der Waals surface area (Å²) in [7, 11) is -3.38. The van der Waals surface area contributed by atoms with Crippen molar-refractivity contribution in [1.29, 1.82) is 0 Å². The summed E-state index contributed by atoms with van der Waals surface area (Å²) in [5.74, 6) is -1.08. The summed E-state index contributed by atoms with van der Waals surface area (Å²) in [5, 5.41) is 1.58. The van der Waals surface area contributed by atoms with Crippen LogP contribution in [0.3, 0.4) is 0 Å². The largest absolute Gasteiger partial charge is 0.454 e. The molecule has 0 amide bonds. The summed E-state index contributed by atoms with van der Waals surface area (Å²) < 4.78 is 67.4. The summed E-state index contributed by atoms with van der Waals surface area (Å²) >= 11 is 1.04. The van der Waals surface area contributed by atoms with Gasteiger partial charge in [-0.15, -0.1) is 11.3 Å². The fraction of sp³-hybridized carbons (Fsp3) is 0.267. The maximum absolute atomic E-state index is 12.7. The van der Waals surface area contributed by atoms with E-state index in [4.69, 9.17) is 4.74 Å². The van der Waals surface area contributed by atoms with Gasteiger partial charge in [-0.1, -0.05) is 6.07 Å². The van der Waals surface area contributed by atoms with E-state index in [2.05, 4.69) is 0 Å². The van der Waals surface area contributed by atoms with Crippen molar-refractivity contribution >= 4 is 27.1 Å². The molecule has 1 aromatic heterocycles. The van der Waals surface area contributed by atoms with Gasteiger partial charge in [-0.25, -0.2) is 13.2 Å². The van der Waals surface area contributed by atoms with Gasteiger partial charge in [0.2, 0.25) is 0 Å². The van der Waals surface area contributed by atoms with E-state index in [1.807, 2.05) is 0 Å². The minimum absolute atomic E-state index is 0.0801. The van der Waals surface area contributed by atoms with Gasteiger partial charge < -0.3 is 4.74 Å². The zero-order chi connectivity index (χ0) is 17.5. The molecule has 9 heteroatoms. The van der Waals surface area contributed by atoms with Gasteiger partial charge in [0, 0.05) is 12.0 Å². The van der Waals surface area contributed by atoms with Crippen LogP contribution in [0.15, 0.2) is 39.9 Å². The van der Waals surface area contributed by atoms with Crippen LogP contribution in [0.25, 0.3) is 0 Å². The van der Waals surface area contributed by atoms with Crippen LogP contribution in [0.1, 0.15) is 34.0 Å². The van der Waals surface area contributed by atoms with Gasteiger partial charge >= 0.3 is 12.1 Å². The van der Waals surface area contributed by atoms with E-state index in [0.717, 1.165) is 29.5 Å². The number of hydrogen-bond donors (Lipinski definition) is 0. The van der Waals surface area contributed by atoms with E-state index in [1.165, 1.54) is 6.07 Å². The van der Waals surface area contributed by atoms with Crippen LogP contribution in [0.4, 0.5) is 13.2 Å². The van der Waals surface area contributed by atoms with Crippen LogP contribution in [-0.4, -0.2) is 20.1 Å². The highest BCUT2D eigenvalue weighted by Gasteiger charge is 2.35. The van der Waals surface area contributed by atoms with Crippen LogP contribution < -0.4 is 0 Å². The number of ether oxygens (including phenoxy) is 1. The molecule has 1 atom stereocenters. The molecule has 2 heterocycles. The predicted octanol–water partition coefficient (Wildman–Crippen LogP) is 3.84. The number of carbonyl (C=O) groups is 1. The molecule has 0 N–H and O–H groups in total. The minimum Gasteiger partial charge on any atom is -0.454 e. The predicted molar refractivity (Wildman–Crippen MR) is 80.6 cm³/mol. The quantitative estimate of drug-likeness (QED) is 0.747. The van der Waals surface area contributed by atoms with Crippen LogP contribution in [-0.2, 0) is 20.8 Å². The normalized spacial score (nSPS) is 19.5. The fourth-order valence-electron chi connectivity index (χ4n) is 2.45. The Balaban J connectivity index is 1.84. The lowest BCUT2D eigenvalue weighted by atomic mass is 10.1. The smallest absolute Gasteiger partial charge is 0.416 e. The van der Waals surface area contributed by atoms with E-state index in [0.29, 0.717) is 5.56 Å². The Labute approximate surface area is 139 Å². The third-order valence-electron chi connectivity index (χ3n) is 3.61. The van der Waals surface area contributed by atoms with Crippen LogP contribution in [0.2, 0.25) is 0 Å². The molecule has 1 aliphatic rings. The molecule has 0 saturated heterocycles. The van der Waals surface area contributed by atoms with Crippen LogP contribution in [0, 0.1) is 0 Å². The monoisotopic (exact) mass is 376 g/mol. The molecule has 4 nitrogen and oxygen atoms in total. The zero-order valence-corrected chi connectivity index (χ0v) is 13.7. The Morgan fingerprint density at radius 2 is 2.00 bits per heavy atom. The average Bonchev–Trinajstić information content (AvgIpc) is 3.01. The fourth-order valence-corrected chi connectivity index (χ4v) is 5.39. The molecule has 0 radical (unpaired) electrons. The Kier molecular flexibility index (Phi) is 4.16. The molecule has 128 valence electrons. The number of fused-ring (bicyclic) bond motifs is 1. The van der Waals surface area contributed by atoms with Gasteiger partial charge in [-0.05, 0) is 29.6 Å². The van der Waals surface area contributed by atoms with Gasteiger partial charge in [-0.2, -0.15) is 13.2 Å².